The first kappa shape index (κ1) is 14.4. The smallest absolute Gasteiger partial charge is 0.241 e. The molecule has 0 unspecified atom stereocenters. The molecular weight excluding hydrogens is 292 g/mol. The van der Waals surface area contributed by atoms with Crippen molar-refractivity contribution in [3.05, 3.63) is 41.7 Å². The van der Waals surface area contributed by atoms with Crippen LogP contribution in [0.5, 0.6) is 5.75 Å². The lowest BCUT2D eigenvalue weighted by Crippen LogP contribution is -2.15. The molecule has 0 amide bonds. The summed E-state index contributed by atoms with van der Waals surface area (Å²) in [5.74, 6) is -2.81. The first-order chi connectivity index (χ1) is 9.27. The van der Waals surface area contributed by atoms with E-state index in [2.05, 4.69) is 5.10 Å². The van der Waals surface area contributed by atoms with Gasteiger partial charge in [-0.3, -0.25) is 4.68 Å². The van der Waals surface area contributed by atoms with E-state index in [-0.39, 0.29) is 6.61 Å². The number of sulfonamides is 1. The summed E-state index contributed by atoms with van der Waals surface area (Å²) in [7, 11) is -2.63. The highest BCUT2D eigenvalue weighted by atomic mass is 32.2. The standard InChI is InChI=1S/C11H11F2N3O3S/c1-16-5-7(4-15-16)6-19-11-9(13)2-8(12)3-10(11)20(14,17)18/h2-5H,6H2,1H3,(H2,14,17,18). The molecule has 0 saturated carbocycles. The average molecular weight is 303 g/mol. The highest BCUT2D eigenvalue weighted by molar-refractivity contribution is 7.89. The van der Waals surface area contributed by atoms with E-state index in [4.69, 9.17) is 9.88 Å². The maximum absolute atomic E-state index is 13.6. The van der Waals surface area contributed by atoms with Crippen molar-refractivity contribution in [3.63, 3.8) is 0 Å². The summed E-state index contributed by atoms with van der Waals surface area (Å²) in [6.45, 7) is -0.126. The van der Waals surface area contributed by atoms with Gasteiger partial charge < -0.3 is 4.74 Å². The number of nitrogens with two attached hydrogens (primary N) is 1. The van der Waals surface area contributed by atoms with Crippen molar-refractivity contribution in [2.24, 2.45) is 12.2 Å². The fourth-order valence-corrected chi connectivity index (χ4v) is 2.28. The molecule has 2 aromatic rings. The summed E-state index contributed by atoms with van der Waals surface area (Å²) >= 11 is 0. The molecule has 0 radical (unpaired) electrons. The van der Waals surface area contributed by atoms with Crippen LogP contribution < -0.4 is 9.88 Å². The van der Waals surface area contributed by atoms with Gasteiger partial charge in [-0.1, -0.05) is 0 Å². The zero-order valence-electron chi connectivity index (χ0n) is 10.4. The molecule has 108 valence electrons. The highest BCUT2D eigenvalue weighted by Gasteiger charge is 2.21. The molecule has 0 aliphatic heterocycles. The Balaban J connectivity index is 2.35. The topological polar surface area (TPSA) is 87.2 Å². The zero-order chi connectivity index (χ0) is 14.9. The third kappa shape index (κ3) is 3.11. The minimum atomic E-state index is -4.30. The lowest BCUT2D eigenvalue weighted by Gasteiger charge is -2.10. The monoisotopic (exact) mass is 303 g/mol. The first-order valence-electron chi connectivity index (χ1n) is 5.39. The molecule has 1 aromatic carbocycles. The first-order valence-corrected chi connectivity index (χ1v) is 6.94. The number of primary sulfonamides is 1. The van der Waals surface area contributed by atoms with Crippen molar-refractivity contribution in [2.75, 3.05) is 0 Å². The number of ether oxygens (including phenoxy) is 1. The maximum Gasteiger partial charge on any atom is 0.241 e. The molecule has 0 aliphatic rings. The van der Waals surface area contributed by atoms with Crippen LogP contribution in [0.2, 0.25) is 0 Å². The minimum absolute atomic E-state index is 0.126. The fraction of sp³-hybridized carbons (Fsp3) is 0.182. The number of benzene rings is 1. The SMILES string of the molecule is Cn1cc(COc2c(F)cc(F)cc2S(N)(=O)=O)cn1. The van der Waals surface area contributed by atoms with Gasteiger partial charge in [0.2, 0.25) is 10.0 Å². The van der Waals surface area contributed by atoms with Gasteiger partial charge in [-0.25, -0.2) is 22.3 Å². The normalized spacial score (nSPS) is 11.6. The van der Waals surface area contributed by atoms with Crippen LogP contribution in [0.1, 0.15) is 5.56 Å². The van der Waals surface area contributed by atoms with Crippen molar-refractivity contribution in [1.29, 1.82) is 0 Å². The molecule has 0 fully saturated rings. The fourth-order valence-electron chi connectivity index (χ4n) is 1.59. The summed E-state index contributed by atoms with van der Waals surface area (Å²) in [6, 6.07) is 1.13. The van der Waals surface area contributed by atoms with Gasteiger partial charge in [0.15, 0.2) is 11.6 Å². The summed E-state index contributed by atoms with van der Waals surface area (Å²) in [4.78, 5) is -0.737. The second kappa shape index (κ2) is 5.17. The quantitative estimate of drug-likeness (QED) is 0.910. The Morgan fingerprint density at radius 3 is 2.65 bits per heavy atom. The zero-order valence-corrected chi connectivity index (χ0v) is 11.2. The molecular formula is C11H11F2N3O3S. The Bertz CT molecular complexity index is 743. The van der Waals surface area contributed by atoms with Gasteiger partial charge in [-0.15, -0.1) is 0 Å². The van der Waals surface area contributed by atoms with E-state index in [1.165, 1.54) is 10.9 Å². The Morgan fingerprint density at radius 1 is 1.40 bits per heavy atom. The van der Waals surface area contributed by atoms with Crippen molar-refractivity contribution >= 4 is 10.0 Å². The van der Waals surface area contributed by atoms with E-state index in [9.17, 15) is 17.2 Å². The van der Waals surface area contributed by atoms with Gasteiger partial charge in [0.25, 0.3) is 0 Å². The second-order valence-electron chi connectivity index (χ2n) is 4.07. The number of hydrogen-bond acceptors (Lipinski definition) is 4. The Morgan fingerprint density at radius 2 is 2.10 bits per heavy atom. The van der Waals surface area contributed by atoms with Crippen LogP contribution in [0.15, 0.2) is 29.4 Å². The van der Waals surface area contributed by atoms with E-state index in [1.54, 1.807) is 13.2 Å². The lowest BCUT2D eigenvalue weighted by atomic mass is 10.3. The number of aromatic nitrogens is 2. The van der Waals surface area contributed by atoms with E-state index < -0.39 is 32.3 Å². The van der Waals surface area contributed by atoms with E-state index in [1.807, 2.05) is 0 Å². The Kier molecular flexibility index (Phi) is 3.73. The molecule has 2 N–H and O–H groups in total. The van der Waals surface area contributed by atoms with Crippen molar-refractivity contribution in [2.45, 2.75) is 11.5 Å². The minimum Gasteiger partial charge on any atom is -0.484 e. The molecule has 9 heteroatoms. The Labute approximate surface area is 113 Å². The second-order valence-corrected chi connectivity index (χ2v) is 5.60. The summed E-state index contributed by atoms with van der Waals surface area (Å²) in [5, 5.41) is 8.79. The number of aryl methyl sites for hydroxylation is 1. The summed E-state index contributed by atoms with van der Waals surface area (Å²) < 4.78 is 56.0. The number of halogens is 2. The number of hydrogen-bond donors (Lipinski definition) is 1. The predicted octanol–water partition coefficient (Wildman–Crippen LogP) is 0.925. The van der Waals surface area contributed by atoms with Crippen LogP contribution in [0.3, 0.4) is 0 Å². The van der Waals surface area contributed by atoms with Crippen LogP contribution in [0.4, 0.5) is 8.78 Å². The van der Waals surface area contributed by atoms with Crippen molar-refractivity contribution in [1.82, 2.24) is 9.78 Å². The molecule has 0 aliphatic carbocycles. The van der Waals surface area contributed by atoms with E-state index >= 15 is 0 Å². The van der Waals surface area contributed by atoms with Crippen LogP contribution in [-0.2, 0) is 23.7 Å². The third-order valence-corrected chi connectivity index (χ3v) is 3.34. The number of nitrogens with zero attached hydrogens (tertiary/aromatic N) is 2. The largest absolute Gasteiger partial charge is 0.484 e. The van der Waals surface area contributed by atoms with Crippen molar-refractivity contribution in [3.8, 4) is 5.75 Å². The Hall–Kier alpha value is -2.00. The molecule has 0 saturated heterocycles. The molecule has 6 nitrogen and oxygen atoms in total. The van der Waals surface area contributed by atoms with Gasteiger partial charge >= 0.3 is 0 Å². The lowest BCUT2D eigenvalue weighted by molar-refractivity contribution is 0.280. The summed E-state index contributed by atoms with van der Waals surface area (Å²) in [6.07, 6.45) is 3.08. The highest BCUT2D eigenvalue weighted by Crippen LogP contribution is 2.28. The van der Waals surface area contributed by atoms with Crippen LogP contribution in [-0.4, -0.2) is 18.2 Å². The van der Waals surface area contributed by atoms with E-state index in [0.717, 1.165) is 0 Å². The average Bonchev–Trinajstić information content (AvgIpc) is 2.72. The molecule has 20 heavy (non-hydrogen) atoms. The van der Waals surface area contributed by atoms with Crippen LogP contribution >= 0.6 is 0 Å². The van der Waals surface area contributed by atoms with E-state index in [0.29, 0.717) is 17.7 Å². The molecule has 0 atom stereocenters. The van der Waals surface area contributed by atoms with Gasteiger partial charge in [0, 0.05) is 24.9 Å². The van der Waals surface area contributed by atoms with Crippen LogP contribution in [0.25, 0.3) is 0 Å². The van der Waals surface area contributed by atoms with Crippen molar-refractivity contribution < 1.29 is 21.9 Å². The molecule has 0 bridgehead atoms. The third-order valence-electron chi connectivity index (χ3n) is 2.42. The van der Waals surface area contributed by atoms with Gasteiger partial charge in [0.05, 0.1) is 6.20 Å². The van der Waals surface area contributed by atoms with Gasteiger partial charge in [0.1, 0.15) is 17.3 Å². The maximum atomic E-state index is 13.6. The van der Waals surface area contributed by atoms with Gasteiger partial charge in [-0.05, 0) is 6.07 Å². The molecule has 1 heterocycles. The number of rotatable bonds is 4. The van der Waals surface area contributed by atoms with Gasteiger partial charge in [-0.2, -0.15) is 5.10 Å². The molecule has 1 aromatic heterocycles. The molecule has 0 spiro atoms. The predicted molar refractivity (Wildman–Crippen MR) is 65.3 cm³/mol. The van der Waals surface area contributed by atoms with Crippen LogP contribution in [0, 0.1) is 11.6 Å². The summed E-state index contributed by atoms with van der Waals surface area (Å²) in [5.41, 5.74) is 0.594. The molecule has 2 rings (SSSR count).